The standard InChI is InChI=1S/C20H25N3O4/c1-14(2)27-17-7-5-16(6-8-17)23-20(25)18-13-15(9-11-21-18)19(24)22-10-4-12-26-3/h5-9,11,13-14H,4,10,12H2,1-3H3,(H,22,24)(H,23,25). The lowest BCUT2D eigenvalue weighted by Crippen LogP contribution is -2.25. The van der Waals surface area contributed by atoms with Gasteiger partial charge in [0, 0.05) is 37.7 Å². The summed E-state index contributed by atoms with van der Waals surface area (Å²) < 4.78 is 10.5. The van der Waals surface area contributed by atoms with Crippen LogP contribution in [-0.4, -0.2) is 43.2 Å². The smallest absolute Gasteiger partial charge is 0.274 e. The molecule has 0 radical (unpaired) electrons. The van der Waals surface area contributed by atoms with Crippen LogP contribution in [0.2, 0.25) is 0 Å². The number of benzene rings is 1. The van der Waals surface area contributed by atoms with Gasteiger partial charge in [-0.1, -0.05) is 0 Å². The van der Waals surface area contributed by atoms with E-state index < -0.39 is 0 Å². The first kappa shape index (κ1) is 20.4. The topological polar surface area (TPSA) is 89.5 Å². The number of methoxy groups -OCH3 is 1. The Morgan fingerprint density at radius 1 is 1.11 bits per heavy atom. The fourth-order valence-corrected chi connectivity index (χ4v) is 2.30. The summed E-state index contributed by atoms with van der Waals surface area (Å²) in [5.74, 6) is 0.0903. The van der Waals surface area contributed by atoms with Crippen molar-refractivity contribution in [1.29, 1.82) is 0 Å². The first-order valence-electron chi connectivity index (χ1n) is 8.81. The van der Waals surface area contributed by atoms with Crippen LogP contribution in [0.4, 0.5) is 5.69 Å². The second-order valence-corrected chi connectivity index (χ2v) is 6.18. The molecule has 0 fully saturated rings. The molecule has 0 unspecified atom stereocenters. The maximum atomic E-state index is 12.4. The molecule has 2 rings (SSSR count). The number of pyridine rings is 1. The molecular formula is C20H25N3O4. The summed E-state index contributed by atoms with van der Waals surface area (Å²) in [4.78, 5) is 28.6. The van der Waals surface area contributed by atoms with Gasteiger partial charge in [0.25, 0.3) is 11.8 Å². The summed E-state index contributed by atoms with van der Waals surface area (Å²) >= 11 is 0. The van der Waals surface area contributed by atoms with E-state index in [4.69, 9.17) is 9.47 Å². The number of aromatic nitrogens is 1. The number of anilines is 1. The molecule has 0 aliphatic heterocycles. The zero-order valence-electron chi connectivity index (χ0n) is 15.8. The van der Waals surface area contributed by atoms with Gasteiger partial charge in [0.15, 0.2) is 0 Å². The molecule has 1 aromatic heterocycles. The first-order valence-corrected chi connectivity index (χ1v) is 8.81. The number of rotatable bonds is 9. The SMILES string of the molecule is COCCCNC(=O)c1ccnc(C(=O)Nc2ccc(OC(C)C)cc2)c1. The maximum absolute atomic E-state index is 12.4. The van der Waals surface area contributed by atoms with Gasteiger partial charge in [-0.2, -0.15) is 0 Å². The second-order valence-electron chi connectivity index (χ2n) is 6.18. The van der Waals surface area contributed by atoms with Gasteiger partial charge in [-0.05, 0) is 56.7 Å². The Morgan fingerprint density at radius 3 is 2.52 bits per heavy atom. The fourth-order valence-electron chi connectivity index (χ4n) is 2.30. The second kappa shape index (κ2) is 10.3. The lowest BCUT2D eigenvalue weighted by atomic mass is 10.2. The minimum Gasteiger partial charge on any atom is -0.491 e. The van der Waals surface area contributed by atoms with Gasteiger partial charge in [-0.25, -0.2) is 0 Å². The van der Waals surface area contributed by atoms with Gasteiger partial charge < -0.3 is 20.1 Å². The van der Waals surface area contributed by atoms with Crippen molar-refractivity contribution in [2.24, 2.45) is 0 Å². The van der Waals surface area contributed by atoms with Crippen molar-refractivity contribution in [2.45, 2.75) is 26.4 Å². The summed E-state index contributed by atoms with van der Waals surface area (Å²) in [5, 5.41) is 5.54. The zero-order chi connectivity index (χ0) is 19.6. The number of carbonyl (C=O) groups is 2. The number of ether oxygens (including phenoxy) is 2. The van der Waals surface area contributed by atoms with E-state index in [9.17, 15) is 9.59 Å². The Kier molecular flexibility index (Phi) is 7.76. The minimum absolute atomic E-state index is 0.0815. The molecule has 27 heavy (non-hydrogen) atoms. The third kappa shape index (κ3) is 6.71. The van der Waals surface area contributed by atoms with Crippen molar-refractivity contribution < 1.29 is 19.1 Å². The largest absolute Gasteiger partial charge is 0.491 e. The van der Waals surface area contributed by atoms with E-state index in [1.54, 1.807) is 37.4 Å². The Labute approximate surface area is 159 Å². The molecule has 1 heterocycles. The van der Waals surface area contributed by atoms with E-state index in [-0.39, 0.29) is 23.6 Å². The highest BCUT2D eigenvalue weighted by Crippen LogP contribution is 2.17. The van der Waals surface area contributed by atoms with Gasteiger partial charge in [0.1, 0.15) is 11.4 Å². The summed E-state index contributed by atoms with van der Waals surface area (Å²) in [6.45, 7) is 4.97. The number of amides is 2. The summed E-state index contributed by atoms with van der Waals surface area (Å²) in [6, 6.07) is 10.1. The number of hydrogen-bond donors (Lipinski definition) is 2. The van der Waals surface area contributed by atoms with Crippen molar-refractivity contribution >= 4 is 17.5 Å². The Balaban J connectivity index is 1.97. The third-order valence-corrected chi connectivity index (χ3v) is 3.55. The number of nitrogens with zero attached hydrogens (tertiary/aromatic N) is 1. The molecule has 0 saturated heterocycles. The minimum atomic E-state index is -0.387. The van der Waals surface area contributed by atoms with Crippen molar-refractivity contribution in [3.8, 4) is 5.75 Å². The highest BCUT2D eigenvalue weighted by atomic mass is 16.5. The van der Waals surface area contributed by atoms with Crippen LogP contribution < -0.4 is 15.4 Å². The highest BCUT2D eigenvalue weighted by Gasteiger charge is 2.12. The van der Waals surface area contributed by atoms with E-state index in [1.165, 1.54) is 12.3 Å². The molecule has 0 aliphatic rings. The average molecular weight is 371 g/mol. The summed E-state index contributed by atoms with van der Waals surface area (Å²) in [7, 11) is 1.61. The molecule has 2 N–H and O–H groups in total. The van der Waals surface area contributed by atoms with Crippen LogP contribution in [0.5, 0.6) is 5.75 Å². The molecule has 0 bridgehead atoms. The molecule has 0 saturated carbocycles. The number of carbonyl (C=O) groups excluding carboxylic acids is 2. The lowest BCUT2D eigenvalue weighted by Gasteiger charge is -2.11. The van der Waals surface area contributed by atoms with Crippen molar-refractivity contribution in [2.75, 3.05) is 25.6 Å². The van der Waals surface area contributed by atoms with Crippen LogP contribution in [0.3, 0.4) is 0 Å². The Morgan fingerprint density at radius 2 is 1.85 bits per heavy atom. The lowest BCUT2D eigenvalue weighted by molar-refractivity contribution is 0.0948. The van der Waals surface area contributed by atoms with Gasteiger partial charge in [-0.3, -0.25) is 14.6 Å². The molecule has 7 nitrogen and oxygen atoms in total. The molecular weight excluding hydrogens is 346 g/mol. The normalized spacial score (nSPS) is 10.5. The van der Waals surface area contributed by atoms with E-state index in [2.05, 4.69) is 15.6 Å². The number of hydrogen-bond acceptors (Lipinski definition) is 5. The maximum Gasteiger partial charge on any atom is 0.274 e. The third-order valence-electron chi connectivity index (χ3n) is 3.55. The first-order chi connectivity index (χ1) is 13.0. The number of nitrogens with one attached hydrogen (secondary N) is 2. The summed E-state index contributed by atoms with van der Waals surface area (Å²) in [5.41, 5.74) is 1.17. The van der Waals surface area contributed by atoms with Crippen LogP contribution >= 0.6 is 0 Å². The van der Waals surface area contributed by atoms with Crippen LogP contribution in [0.15, 0.2) is 42.6 Å². The molecule has 7 heteroatoms. The molecule has 0 aliphatic carbocycles. The average Bonchev–Trinajstić information content (AvgIpc) is 2.66. The zero-order valence-corrected chi connectivity index (χ0v) is 15.8. The molecule has 144 valence electrons. The monoisotopic (exact) mass is 371 g/mol. The molecule has 2 aromatic rings. The molecule has 0 spiro atoms. The molecule has 2 amide bonds. The van der Waals surface area contributed by atoms with Crippen LogP contribution in [0, 0.1) is 0 Å². The van der Waals surface area contributed by atoms with Crippen molar-refractivity contribution in [1.82, 2.24) is 10.3 Å². The van der Waals surface area contributed by atoms with E-state index in [1.807, 2.05) is 13.8 Å². The van der Waals surface area contributed by atoms with Crippen molar-refractivity contribution in [3.05, 3.63) is 53.9 Å². The molecule has 1 aromatic carbocycles. The molecule has 0 atom stereocenters. The fraction of sp³-hybridized carbons (Fsp3) is 0.350. The predicted octanol–water partition coefficient (Wildman–Crippen LogP) is 2.89. The Bertz CT molecular complexity index is 760. The van der Waals surface area contributed by atoms with Gasteiger partial charge in [-0.15, -0.1) is 0 Å². The van der Waals surface area contributed by atoms with E-state index in [0.717, 1.165) is 12.2 Å². The van der Waals surface area contributed by atoms with Crippen LogP contribution in [0.25, 0.3) is 0 Å². The van der Waals surface area contributed by atoms with Crippen LogP contribution in [-0.2, 0) is 4.74 Å². The van der Waals surface area contributed by atoms with Gasteiger partial charge >= 0.3 is 0 Å². The quantitative estimate of drug-likeness (QED) is 0.662. The van der Waals surface area contributed by atoms with E-state index in [0.29, 0.717) is 24.4 Å². The van der Waals surface area contributed by atoms with Gasteiger partial charge in [0.05, 0.1) is 6.10 Å². The van der Waals surface area contributed by atoms with Crippen molar-refractivity contribution in [3.63, 3.8) is 0 Å². The van der Waals surface area contributed by atoms with Crippen LogP contribution in [0.1, 0.15) is 41.1 Å². The Hall–Kier alpha value is -2.93. The summed E-state index contributed by atoms with van der Waals surface area (Å²) in [6.07, 6.45) is 2.24. The van der Waals surface area contributed by atoms with Gasteiger partial charge in [0.2, 0.25) is 0 Å². The predicted molar refractivity (Wildman–Crippen MR) is 103 cm³/mol. The van der Waals surface area contributed by atoms with E-state index >= 15 is 0 Å². The highest BCUT2D eigenvalue weighted by molar-refractivity contribution is 6.04.